The fraction of sp³-hybridized carbons (Fsp3) is 0.444. The molecular formula is C9H12N2O5. The molecule has 88 valence electrons. The van der Waals surface area contributed by atoms with Crippen molar-refractivity contribution in [1.82, 2.24) is 4.98 Å². The van der Waals surface area contributed by atoms with Gasteiger partial charge in [0.2, 0.25) is 0 Å². The molecule has 0 amide bonds. The van der Waals surface area contributed by atoms with Crippen LogP contribution in [-0.2, 0) is 9.47 Å². The highest BCUT2D eigenvalue weighted by Gasteiger charge is 2.20. The molecule has 0 saturated heterocycles. The normalized spacial score (nSPS) is 10.5. The van der Waals surface area contributed by atoms with Crippen LogP contribution in [0.1, 0.15) is 11.9 Å². The Hall–Kier alpha value is -1.73. The van der Waals surface area contributed by atoms with Crippen molar-refractivity contribution in [3.63, 3.8) is 0 Å². The van der Waals surface area contributed by atoms with Gasteiger partial charge < -0.3 is 14.2 Å². The SMILES string of the molecule is COc1ncc(C(OC)OC)cc1[N+](=O)[O-]. The van der Waals surface area contributed by atoms with E-state index in [0.29, 0.717) is 5.56 Å². The first-order valence-corrected chi connectivity index (χ1v) is 4.38. The molecule has 0 aliphatic heterocycles. The van der Waals surface area contributed by atoms with Crippen LogP contribution in [0, 0.1) is 10.1 Å². The molecule has 0 aromatic carbocycles. The van der Waals surface area contributed by atoms with Crippen LogP contribution in [0.5, 0.6) is 5.88 Å². The Morgan fingerprint density at radius 1 is 1.38 bits per heavy atom. The second-order valence-corrected chi connectivity index (χ2v) is 2.86. The molecule has 0 aliphatic rings. The lowest BCUT2D eigenvalue weighted by Gasteiger charge is -2.13. The summed E-state index contributed by atoms with van der Waals surface area (Å²) in [7, 11) is 4.19. The molecule has 1 aromatic heterocycles. The highest BCUT2D eigenvalue weighted by molar-refractivity contribution is 5.43. The summed E-state index contributed by atoms with van der Waals surface area (Å²) in [4.78, 5) is 14.0. The van der Waals surface area contributed by atoms with Gasteiger partial charge in [0.05, 0.1) is 12.0 Å². The van der Waals surface area contributed by atoms with Crippen molar-refractivity contribution < 1.29 is 19.1 Å². The van der Waals surface area contributed by atoms with Gasteiger partial charge >= 0.3 is 5.69 Å². The van der Waals surface area contributed by atoms with Gasteiger partial charge in [-0.15, -0.1) is 0 Å². The number of aromatic nitrogens is 1. The van der Waals surface area contributed by atoms with E-state index in [1.807, 2.05) is 0 Å². The molecule has 7 nitrogen and oxygen atoms in total. The second-order valence-electron chi connectivity index (χ2n) is 2.86. The third-order valence-electron chi connectivity index (χ3n) is 1.94. The summed E-state index contributed by atoms with van der Waals surface area (Å²) in [5, 5.41) is 10.7. The van der Waals surface area contributed by atoms with Crippen molar-refractivity contribution in [2.45, 2.75) is 6.29 Å². The van der Waals surface area contributed by atoms with Crippen LogP contribution in [-0.4, -0.2) is 31.2 Å². The Bertz CT molecular complexity index is 378. The maximum absolute atomic E-state index is 10.7. The third-order valence-corrected chi connectivity index (χ3v) is 1.94. The Kier molecular flexibility index (Phi) is 4.15. The molecule has 1 aromatic rings. The van der Waals surface area contributed by atoms with Gasteiger partial charge in [-0.1, -0.05) is 0 Å². The standard InChI is InChI=1S/C9H12N2O5/c1-14-8-7(11(12)13)4-6(5-10-8)9(15-2)16-3/h4-5,9H,1-3H3. The molecule has 0 aliphatic carbocycles. The quantitative estimate of drug-likeness (QED) is 0.429. The van der Waals surface area contributed by atoms with E-state index in [0.717, 1.165) is 0 Å². The van der Waals surface area contributed by atoms with E-state index in [4.69, 9.17) is 14.2 Å². The lowest BCUT2D eigenvalue weighted by molar-refractivity contribution is -0.386. The largest absolute Gasteiger partial charge is 0.476 e. The molecule has 1 heterocycles. The zero-order valence-electron chi connectivity index (χ0n) is 9.17. The number of ether oxygens (including phenoxy) is 3. The van der Waals surface area contributed by atoms with E-state index >= 15 is 0 Å². The summed E-state index contributed by atoms with van der Waals surface area (Å²) >= 11 is 0. The molecule has 0 saturated carbocycles. The van der Waals surface area contributed by atoms with Gasteiger partial charge in [0.15, 0.2) is 6.29 Å². The van der Waals surface area contributed by atoms with Crippen molar-refractivity contribution in [3.8, 4) is 5.88 Å². The molecule has 1 rings (SSSR count). The van der Waals surface area contributed by atoms with Crippen molar-refractivity contribution in [2.75, 3.05) is 21.3 Å². The minimum atomic E-state index is -0.683. The fourth-order valence-electron chi connectivity index (χ4n) is 1.24. The number of rotatable bonds is 5. The van der Waals surface area contributed by atoms with Gasteiger partial charge in [-0.2, -0.15) is 0 Å². The van der Waals surface area contributed by atoms with Gasteiger partial charge in [-0.3, -0.25) is 10.1 Å². The molecule has 0 atom stereocenters. The van der Waals surface area contributed by atoms with Gasteiger partial charge in [0, 0.05) is 32.0 Å². The number of pyridine rings is 1. The molecule has 0 spiro atoms. The lowest BCUT2D eigenvalue weighted by Crippen LogP contribution is -2.06. The molecule has 0 N–H and O–H groups in total. The van der Waals surface area contributed by atoms with Gasteiger partial charge in [0.1, 0.15) is 0 Å². The van der Waals surface area contributed by atoms with Crippen LogP contribution in [0.3, 0.4) is 0 Å². The van der Waals surface area contributed by atoms with Gasteiger partial charge in [-0.25, -0.2) is 4.98 Å². The average Bonchev–Trinajstić information content (AvgIpc) is 2.30. The fourth-order valence-corrected chi connectivity index (χ4v) is 1.24. The van der Waals surface area contributed by atoms with Crippen LogP contribution in [0.4, 0.5) is 5.69 Å². The van der Waals surface area contributed by atoms with E-state index < -0.39 is 11.2 Å². The molecular weight excluding hydrogens is 216 g/mol. The summed E-state index contributed by atoms with van der Waals surface area (Å²) in [5.74, 6) is -0.0419. The zero-order chi connectivity index (χ0) is 12.1. The first kappa shape index (κ1) is 12.3. The number of nitrogens with zero attached hydrogens (tertiary/aromatic N) is 2. The summed E-state index contributed by atoms with van der Waals surface area (Å²) in [6.45, 7) is 0. The van der Waals surface area contributed by atoms with Crippen LogP contribution in [0.2, 0.25) is 0 Å². The predicted octanol–water partition coefficient (Wildman–Crippen LogP) is 1.29. The predicted molar refractivity (Wildman–Crippen MR) is 54.2 cm³/mol. The summed E-state index contributed by atoms with van der Waals surface area (Å²) < 4.78 is 14.7. The second kappa shape index (κ2) is 5.38. The number of hydrogen-bond donors (Lipinski definition) is 0. The molecule has 7 heteroatoms. The first-order chi connectivity index (χ1) is 7.63. The van der Waals surface area contributed by atoms with Crippen LogP contribution < -0.4 is 4.74 Å². The smallest absolute Gasteiger partial charge is 0.331 e. The van der Waals surface area contributed by atoms with Crippen molar-refractivity contribution >= 4 is 5.69 Å². The summed E-state index contributed by atoms with van der Waals surface area (Å²) in [5.41, 5.74) is 0.233. The van der Waals surface area contributed by atoms with E-state index in [1.165, 1.54) is 33.6 Å². The molecule has 0 bridgehead atoms. The molecule has 16 heavy (non-hydrogen) atoms. The highest BCUT2D eigenvalue weighted by Crippen LogP contribution is 2.28. The van der Waals surface area contributed by atoms with Crippen molar-refractivity contribution in [1.29, 1.82) is 0 Å². The number of hydrogen-bond acceptors (Lipinski definition) is 6. The van der Waals surface area contributed by atoms with E-state index in [9.17, 15) is 10.1 Å². The minimum Gasteiger partial charge on any atom is -0.476 e. The Morgan fingerprint density at radius 2 is 2.00 bits per heavy atom. The molecule has 0 radical (unpaired) electrons. The Labute approximate surface area is 92.1 Å². The maximum atomic E-state index is 10.7. The summed E-state index contributed by atoms with van der Waals surface area (Å²) in [6.07, 6.45) is 0.723. The first-order valence-electron chi connectivity index (χ1n) is 4.38. The molecule has 0 unspecified atom stereocenters. The van der Waals surface area contributed by atoms with Crippen LogP contribution in [0.25, 0.3) is 0 Å². The highest BCUT2D eigenvalue weighted by atomic mass is 16.7. The minimum absolute atomic E-state index is 0.0419. The Balaban J connectivity index is 3.15. The van der Waals surface area contributed by atoms with E-state index in [2.05, 4.69) is 4.98 Å². The third kappa shape index (κ3) is 2.44. The average molecular weight is 228 g/mol. The van der Waals surface area contributed by atoms with Gasteiger partial charge in [0.25, 0.3) is 5.88 Å². The van der Waals surface area contributed by atoms with Crippen molar-refractivity contribution in [3.05, 3.63) is 27.9 Å². The topological polar surface area (TPSA) is 83.7 Å². The van der Waals surface area contributed by atoms with Gasteiger partial charge in [-0.05, 0) is 0 Å². The Morgan fingerprint density at radius 3 is 2.44 bits per heavy atom. The number of methoxy groups -OCH3 is 3. The monoisotopic (exact) mass is 228 g/mol. The zero-order valence-corrected chi connectivity index (χ0v) is 9.17. The van der Waals surface area contributed by atoms with E-state index in [-0.39, 0.29) is 11.6 Å². The van der Waals surface area contributed by atoms with Crippen molar-refractivity contribution in [2.24, 2.45) is 0 Å². The van der Waals surface area contributed by atoms with E-state index in [1.54, 1.807) is 0 Å². The number of nitro groups is 1. The van der Waals surface area contributed by atoms with Crippen LogP contribution >= 0.6 is 0 Å². The maximum Gasteiger partial charge on any atom is 0.331 e. The molecule has 0 fully saturated rings. The lowest BCUT2D eigenvalue weighted by atomic mass is 10.2. The van der Waals surface area contributed by atoms with Crippen LogP contribution in [0.15, 0.2) is 12.3 Å². The summed E-state index contributed by atoms with van der Waals surface area (Å²) in [6, 6.07) is 1.31.